The van der Waals surface area contributed by atoms with Crippen LogP contribution in [0.25, 0.3) is 0 Å². The highest BCUT2D eigenvalue weighted by atomic mass is 35.5. The third-order valence-electron chi connectivity index (χ3n) is 4.84. The molecule has 0 spiro atoms. The summed E-state index contributed by atoms with van der Waals surface area (Å²) in [5.74, 6) is 1.05. The van der Waals surface area contributed by atoms with Crippen molar-refractivity contribution in [2.75, 3.05) is 26.8 Å². The summed E-state index contributed by atoms with van der Waals surface area (Å²) in [6, 6.07) is 12.0. The fourth-order valence-electron chi connectivity index (χ4n) is 3.21. The third-order valence-corrected chi connectivity index (χ3v) is 5.37. The Kier molecular flexibility index (Phi) is 6.81. The lowest BCUT2D eigenvalue weighted by atomic mass is 9.89. The fraction of sp³-hybridized carbons (Fsp3) is 0.333. The minimum absolute atomic E-state index is 0.0796. The molecule has 0 atom stereocenters. The van der Waals surface area contributed by atoms with Crippen molar-refractivity contribution in [3.8, 4) is 11.5 Å². The van der Waals surface area contributed by atoms with Gasteiger partial charge < -0.3 is 14.4 Å². The van der Waals surface area contributed by atoms with Gasteiger partial charge in [0.15, 0.2) is 12.4 Å². The highest BCUT2D eigenvalue weighted by molar-refractivity contribution is 6.35. The van der Waals surface area contributed by atoms with Gasteiger partial charge in [0.1, 0.15) is 11.5 Å². The van der Waals surface area contributed by atoms with Crippen molar-refractivity contribution in [1.82, 2.24) is 4.90 Å². The topological polar surface area (TPSA) is 55.8 Å². The molecule has 5 nitrogen and oxygen atoms in total. The molecule has 28 heavy (non-hydrogen) atoms. The maximum atomic E-state index is 12.7. The first kappa shape index (κ1) is 20.5. The highest BCUT2D eigenvalue weighted by Crippen LogP contribution is 2.28. The second-order valence-electron chi connectivity index (χ2n) is 6.61. The molecule has 1 amide bonds. The number of nitrogens with zero attached hydrogens (tertiary/aromatic N) is 1. The van der Waals surface area contributed by atoms with E-state index in [1.807, 2.05) is 0 Å². The van der Waals surface area contributed by atoms with Crippen LogP contribution in [0.1, 0.15) is 23.2 Å². The molecule has 0 saturated carbocycles. The molecule has 1 saturated heterocycles. The first-order chi connectivity index (χ1) is 13.5. The molecule has 148 valence electrons. The van der Waals surface area contributed by atoms with Gasteiger partial charge in [-0.15, -0.1) is 0 Å². The molecule has 0 unspecified atom stereocenters. The van der Waals surface area contributed by atoms with Crippen molar-refractivity contribution in [2.24, 2.45) is 5.92 Å². The van der Waals surface area contributed by atoms with Crippen molar-refractivity contribution < 1.29 is 19.1 Å². The summed E-state index contributed by atoms with van der Waals surface area (Å²) in [5.41, 5.74) is 0.672. The monoisotopic (exact) mass is 421 g/mol. The van der Waals surface area contributed by atoms with E-state index in [1.165, 1.54) is 0 Å². The molecule has 1 fully saturated rings. The Morgan fingerprint density at radius 3 is 2.36 bits per heavy atom. The van der Waals surface area contributed by atoms with E-state index >= 15 is 0 Å². The van der Waals surface area contributed by atoms with Crippen LogP contribution < -0.4 is 9.47 Å². The van der Waals surface area contributed by atoms with Gasteiger partial charge in [0, 0.05) is 29.6 Å². The number of carbonyl (C=O) groups is 2. The molecule has 3 rings (SSSR count). The molecule has 1 aliphatic rings. The number of amides is 1. The molecule has 2 aromatic rings. The maximum absolute atomic E-state index is 12.7. The van der Waals surface area contributed by atoms with Crippen molar-refractivity contribution in [2.45, 2.75) is 12.8 Å². The maximum Gasteiger partial charge on any atom is 0.260 e. The number of ether oxygens (including phenoxy) is 2. The average molecular weight is 422 g/mol. The first-order valence-electron chi connectivity index (χ1n) is 9.02. The smallest absolute Gasteiger partial charge is 0.260 e. The van der Waals surface area contributed by atoms with E-state index in [4.69, 9.17) is 32.7 Å². The summed E-state index contributed by atoms with van der Waals surface area (Å²) < 4.78 is 10.6. The highest BCUT2D eigenvalue weighted by Gasteiger charge is 2.28. The van der Waals surface area contributed by atoms with Gasteiger partial charge in [-0.2, -0.15) is 0 Å². The molecular weight excluding hydrogens is 401 g/mol. The van der Waals surface area contributed by atoms with Crippen LogP contribution in [0, 0.1) is 5.92 Å². The molecule has 2 aromatic carbocycles. The Morgan fingerprint density at radius 1 is 1.07 bits per heavy atom. The number of benzene rings is 2. The van der Waals surface area contributed by atoms with E-state index in [2.05, 4.69) is 0 Å². The summed E-state index contributed by atoms with van der Waals surface area (Å²) in [6.07, 6.45) is 1.27. The van der Waals surface area contributed by atoms with E-state index in [-0.39, 0.29) is 24.2 Å². The van der Waals surface area contributed by atoms with Crippen molar-refractivity contribution in [3.63, 3.8) is 0 Å². The second-order valence-corrected chi connectivity index (χ2v) is 7.45. The molecule has 7 heteroatoms. The van der Waals surface area contributed by atoms with Crippen LogP contribution in [0.15, 0.2) is 42.5 Å². The van der Waals surface area contributed by atoms with Crippen molar-refractivity contribution in [3.05, 3.63) is 58.1 Å². The third kappa shape index (κ3) is 4.97. The summed E-state index contributed by atoms with van der Waals surface area (Å²) >= 11 is 11.9. The number of rotatable bonds is 6. The van der Waals surface area contributed by atoms with Crippen LogP contribution in [0.2, 0.25) is 10.0 Å². The number of ketones is 1. The lowest BCUT2D eigenvalue weighted by Crippen LogP contribution is -2.42. The summed E-state index contributed by atoms with van der Waals surface area (Å²) in [5, 5.41) is 0.872. The Labute approximate surface area is 174 Å². The zero-order valence-corrected chi connectivity index (χ0v) is 17.0. The lowest BCUT2D eigenvalue weighted by molar-refractivity contribution is -0.134. The van der Waals surface area contributed by atoms with E-state index in [0.717, 1.165) is 5.75 Å². The van der Waals surface area contributed by atoms with Crippen LogP contribution in [0.5, 0.6) is 11.5 Å². The molecule has 0 aromatic heterocycles. The number of Topliss-reactive ketones (excluding diaryl/α,β-unsaturated/α-hetero) is 1. The SMILES string of the molecule is COc1ccc(C(=O)C2CCN(C(=O)COc3ccc(Cl)cc3Cl)CC2)cc1. The zero-order chi connectivity index (χ0) is 20.1. The number of carbonyl (C=O) groups excluding carboxylic acids is 2. The predicted molar refractivity (Wildman–Crippen MR) is 109 cm³/mol. The van der Waals surface area contributed by atoms with Gasteiger partial charge in [-0.25, -0.2) is 0 Å². The number of methoxy groups -OCH3 is 1. The Morgan fingerprint density at radius 2 is 1.75 bits per heavy atom. The minimum atomic E-state index is -0.124. The average Bonchev–Trinajstić information content (AvgIpc) is 2.72. The number of likely N-dealkylation sites (tertiary alicyclic amines) is 1. The normalized spacial score (nSPS) is 14.6. The van der Waals surface area contributed by atoms with Gasteiger partial charge >= 0.3 is 0 Å². The van der Waals surface area contributed by atoms with Crippen molar-refractivity contribution in [1.29, 1.82) is 0 Å². The Hall–Kier alpha value is -2.24. The Bertz CT molecular complexity index is 846. The predicted octanol–water partition coefficient (Wildman–Crippen LogP) is 4.50. The number of piperidine rings is 1. The summed E-state index contributed by atoms with van der Waals surface area (Å²) in [4.78, 5) is 26.8. The standard InChI is InChI=1S/C21H21Cl2NO4/c1-27-17-5-2-14(3-6-17)21(26)15-8-10-24(11-9-15)20(25)13-28-19-7-4-16(22)12-18(19)23/h2-7,12,15H,8-11,13H2,1H3. The number of hydrogen-bond donors (Lipinski definition) is 0. The second kappa shape index (κ2) is 9.30. The van der Waals surface area contributed by atoms with Crippen LogP contribution in [-0.2, 0) is 4.79 Å². The van der Waals surface area contributed by atoms with E-state index in [9.17, 15) is 9.59 Å². The summed E-state index contributed by atoms with van der Waals surface area (Å²) in [7, 11) is 1.59. The van der Waals surface area contributed by atoms with Gasteiger partial charge in [0.05, 0.1) is 12.1 Å². The number of hydrogen-bond acceptors (Lipinski definition) is 4. The largest absolute Gasteiger partial charge is 0.497 e. The molecule has 1 heterocycles. The molecule has 0 bridgehead atoms. The molecular formula is C21H21Cl2NO4. The van der Waals surface area contributed by atoms with Crippen LogP contribution in [-0.4, -0.2) is 43.4 Å². The molecule has 0 N–H and O–H groups in total. The minimum Gasteiger partial charge on any atom is -0.497 e. The van der Waals surface area contributed by atoms with Gasteiger partial charge in [-0.3, -0.25) is 9.59 Å². The van der Waals surface area contributed by atoms with Crippen LogP contribution >= 0.6 is 23.2 Å². The van der Waals surface area contributed by atoms with E-state index < -0.39 is 0 Å². The molecule has 0 radical (unpaired) electrons. The quantitative estimate of drug-likeness (QED) is 0.644. The molecule has 1 aliphatic heterocycles. The van der Waals surface area contributed by atoms with Gasteiger partial charge in [-0.1, -0.05) is 23.2 Å². The zero-order valence-electron chi connectivity index (χ0n) is 15.5. The van der Waals surface area contributed by atoms with Crippen LogP contribution in [0.3, 0.4) is 0 Å². The Balaban J connectivity index is 1.49. The van der Waals surface area contributed by atoms with E-state index in [1.54, 1.807) is 54.5 Å². The van der Waals surface area contributed by atoms with E-state index in [0.29, 0.717) is 47.3 Å². The van der Waals surface area contributed by atoms with Crippen LogP contribution in [0.4, 0.5) is 0 Å². The van der Waals surface area contributed by atoms with Gasteiger partial charge in [0.2, 0.25) is 0 Å². The summed E-state index contributed by atoms with van der Waals surface area (Å²) in [6.45, 7) is 0.963. The molecule has 0 aliphatic carbocycles. The van der Waals surface area contributed by atoms with Gasteiger partial charge in [0.25, 0.3) is 5.91 Å². The van der Waals surface area contributed by atoms with Crippen molar-refractivity contribution >= 4 is 34.9 Å². The van der Waals surface area contributed by atoms with Gasteiger partial charge in [-0.05, 0) is 55.3 Å². The lowest BCUT2D eigenvalue weighted by Gasteiger charge is -2.31. The number of halogens is 2. The fourth-order valence-corrected chi connectivity index (χ4v) is 3.67. The first-order valence-corrected chi connectivity index (χ1v) is 9.77.